The van der Waals surface area contributed by atoms with Crippen LogP contribution in [0.3, 0.4) is 0 Å². The summed E-state index contributed by atoms with van der Waals surface area (Å²) in [5, 5.41) is 0. The Bertz CT molecular complexity index is 433. The predicted molar refractivity (Wildman–Crippen MR) is 75.9 cm³/mol. The molecule has 3 nitrogen and oxygen atoms in total. The van der Waals surface area contributed by atoms with E-state index >= 15 is 0 Å². The molecule has 1 saturated heterocycles. The van der Waals surface area contributed by atoms with Gasteiger partial charge < -0.3 is 9.47 Å². The highest BCUT2D eigenvalue weighted by Gasteiger charge is 2.26. The first-order valence-corrected chi connectivity index (χ1v) is 7.52. The molecule has 0 radical (unpaired) electrons. The van der Waals surface area contributed by atoms with Gasteiger partial charge in [0, 0.05) is 6.04 Å². The van der Waals surface area contributed by atoms with E-state index < -0.39 is 0 Å². The zero-order valence-electron chi connectivity index (χ0n) is 11.7. The Morgan fingerprint density at radius 3 is 2.89 bits per heavy atom. The number of benzene rings is 1. The third-order valence-electron chi connectivity index (χ3n) is 4.11. The number of rotatable bonds is 4. The summed E-state index contributed by atoms with van der Waals surface area (Å²) < 4.78 is 11.3. The Morgan fingerprint density at radius 1 is 1.21 bits per heavy atom. The maximum absolute atomic E-state index is 5.70. The second-order valence-corrected chi connectivity index (χ2v) is 5.45. The lowest BCUT2D eigenvalue weighted by Crippen LogP contribution is -2.24. The van der Waals surface area contributed by atoms with Crippen molar-refractivity contribution in [3.8, 4) is 11.5 Å². The average molecular weight is 261 g/mol. The minimum Gasteiger partial charge on any atom is -0.486 e. The van der Waals surface area contributed by atoms with Crippen LogP contribution in [-0.4, -0.2) is 31.2 Å². The van der Waals surface area contributed by atoms with Crippen LogP contribution >= 0.6 is 0 Å². The maximum atomic E-state index is 5.70. The molecule has 3 heteroatoms. The number of hydrogen-bond donors (Lipinski definition) is 0. The van der Waals surface area contributed by atoms with Crippen LogP contribution in [0.5, 0.6) is 11.5 Å². The lowest BCUT2D eigenvalue weighted by molar-refractivity contribution is 0.170. The monoisotopic (exact) mass is 261 g/mol. The Kier molecular flexibility index (Phi) is 3.92. The van der Waals surface area contributed by atoms with Crippen LogP contribution in [0, 0.1) is 0 Å². The standard InChI is InChI=1S/C16H23NO2/c1-2-3-8-17-9-4-5-14(17)13-6-7-15-16(12-13)19-11-10-18-15/h6-7,12,14H,2-5,8-11H2,1H3. The topological polar surface area (TPSA) is 21.7 Å². The summed E-state index contributed by atoms with van der Waals surface area (Å²) in [5.41, 5.74) is 1.39. The molecular weight excluding hydrogens is 238 g/mol. The largest absolute Gasteiger partial charge is 0.486 e. The Balaban J connectivity index is 1.77. The SMILES string of the molecule is CCCCN1CCCC1c1ccc2c(c1)OCCO2. The van der Waals surface area contributed by atoms with Crippen molar-refractivity contribution in [1.29, 1.82) is 0 Å². The Labute approximate surface area is 115 Å². The number of fused-ring (bicyclic) bond motifs is 1. The zero-order valence-corrected chi connectivity index (χ0v) is 11.7. The van der Waals surface area contributed by atoms with E-state index in [9.17, 15) is 0 Å². The molecule has 104 valence electrons. The first kappa shape index (κ1) is 12.8. The molecule has 2 heterocycles. The Morgan fingerprint density at radius 2 is 2.05 bits per heavy atom. The van der Waals surface area contributed by atoms with E-state index in [1.807, 2.05) is 0 Å². The van der Waals surface area contributed by atoms with Gasteiger partial charge in [-0.3, -0.25) is 4.90 Å². The minimum atomic E-state index is 0.572. The fourth-order valence-electron chi connectivity index (χ4n) is 3.10. The number of ether oxygens (including phenoxy) is 2. The van der Waals surface area contributed by atoms with Crippen molar-refractivity contribution in [3.05, 3.63) is 23.8 Å². The van der Waals surface area contributed by atoms with Gasteiger partial charge in [0.15, 0.2) is 11.5 Å². The fourth-order valence-corrected chi connectivity index (χ4v) is 3.10. The smallest absolute Gasteiger partial charge is 0.161 e. The highest BCUT2D eigenvalue weighted by Crippen LogP contribution is 2.38. The molecule has 1 aromatic carbocycles. The van der Waals surface area contributed by atoms with Gasteiger partial charge in [-0.2, -0.15) is 0 Å². The van der Waals surface area contributed by atoms with Crippen molar-refractivity contribution in [1.82, 2.24) is 4.90 Å². The molecule has 2 aliphatic rings. The average Bonchev–Trinajstić information content (AvgIpc) is 2.93. The van der Waals surface area contributed by atoms with Crippen LogP contribution in [0.2, 0.25) is 0 Å². The minimum absolute atomic E-state index is 0.572. The molecule has 0 spiro atoms. The van der Waals surface area contributed by atoms with E-state index in [0.29, 0.717) is 19.3 Å². The summed E-state index contributed by atoms with van der Waals surface area (Å²) in [7, 11) is 0. The highest BCUT2D eigenvalue weighted by molar-refractivity contribution is 5.44. The second kappa shape index (κ2) is 5.83. The molecule has 1 atom stereocenters. The fraction of sp³-hybridized carbons (Fsp3) is 0.625. The normalized spacial score (nSPS) is 22.7. The van der Waals surface area contributed by atoms with E-state index in [1.165, 1.54) is 44.3 Å². The molecular formula is C16H23NO2. The van der Waals surface area contributed by atoms with Crippen molar-refractivity contribution >= 4 is 0 Å². The summed E-state index contributed by atoms with van der Waals surface area (Å²) >= 11 is 0. The van der Waals surface area contributed by atoms with Crippen molar-refractivity contribution in [2.75, 3.05) is 26.3 Å². The number of hydrogen-bond acceptors (Lipinski definition) is 3. The van der Waals surface area contributed by atoms with E-state index in [-0.39, 0.29) is 0 Å². The van der Waals surface area contributed by atoms with E-state index in [2.05, 4.69) is 30.0 Å². The Hall–Kier alpha value is -1.22. The molecule has 0 saturated carbocycles. The van der Waals surface area contributed by atoms with Crippen molar-refractivity contribution in [2.45, 2.75) is 38.6 Å². The molecule has 0 amide bonds. The summed E-state index contributed by atoms with van der Waals surface area (Å²) in [6.45, 7) is 6.04. The molecule has 3 rings (SSSR count). The van der Waals surface area contributed by atoms with Gasteiger partial charge >= 0.3 is 0 Å². The van der Waals surface area contributed by atoms with Crippen molar-refractivity contribution < 1.29 is 9.47 Å². The molecule has 2 aliphatic heterocycles. The van der Waals surface area contributed by atoms with Gasteiger partial charge in [-0.15, -0.1) is 0 Å². The molecule has 1 unspecified atom stereocenters. The molecule has 0 bridgehead atoms. The van der Waals surface area contributed by atoms with Crippen LogP contribution in [-0.2, 0) is 0 Å². The van der Waals surface area contributed by atoms with Crippen LogP contribution < -0.4 is 9.47 Å². The first-order valence-electron chi connectivity index (χ1n) is 7.52. The molecule has 0 aromatic heterocycles. The van der Waals surface area contributed by atoms with Crippen molar-refractivity contribution in [3.63, 3.8) is 0 Å². The van der Waals surface area contributed by atoms with Gasteiger partial charge in [0.05, 0.1) is 0 Å². The van der Waals surface area contributed by atoms with Crippen LogP contribution in [0.25, 0.3) is 0 Å². The quantitative estimate of drug-likeness (QED) is 0.829. The first-order chi connectivity index (χ1) is 9.38. The van der Waals surface area contributed by atoms with E-state index in [4.69, 9.17) is 9.47 Å². The molecule has 19 heavy (non-hydrogen) atoms. The van der Waals surface area contributed by atoms with Crippen molar-refractivity contribution in [2.24, 2.45) is 0 Å². The predicted octanol–water partition coefficient (Wildman–Crippen LogP) is 3.39. The molecule has 0 aliphatic carbocycles. The number of unbranched alkanes of at least 4 members (excludes halogenated alkanes) is 1. The van der Waals surface area contributed by atoms with Gasteiger partial charge in [0.25, 0.3) is 0 Å². The van der Waals surface area contributed by atoms with Crippen LogP contribution in [0.1, 0.15) is 44.2 Å². The summed E-state index contributed by atoms with van der Waals surface area (Å²) in [6, 6.07) is 7.04. The van der Waals surface area contributed by atoms with Gasteiger partial charge in [0.1, 0.15) is 13.2 Å². The highest BCUT2D eigenvalue weighted by atomic mass is 16.6. The zero-order chi connectivity index (χ0) is 13.1. The summed E-state index contributed by atoms with van der Waals surface area (Å²) in [4.78, 5) is 2.62. The number of likely N-dealkylation sites (tertiary alicyclic amines) is 1. The maximum Gasteiger partial charge on any atom is 0.161 e. The van der Waals surface area contributed by atoms with E-state index in [1.54, 1.807) is 0 Å². The van der Waals surface area contributed by atoms with Gasteiger partial charge in [-0.1, -0.05) is 19.4 Å². The molecule has 1 aromatic rings. The second-order valence-electron chi connectivity index (χ2n) is 5.45. The van der Waals surface area contributed by atoms with Gasteiger partial charge in [-0.05, 0) is 50.0 Å². The third-order valence-corrected chi connectivity index (χ3v) is 4.11. The van der Waals surface area contributed by atoms with Crippen LogP contribution in [0.4, 0.5) is 0 Å². The van der Waals surface area contributed by atoms with Crippen LogP contribution in [0.15, 0.2) is 18.2 Å². The summed E-state index contributed by atoms with van der Waals surface area (Å²) in [6.07, 6.45) is 5.14. The molecule has 1 fully saturated rings. The lowest BCUT2D eigenvalue weighted by atomic mass is 10.0. The summed E-state index contributed by atoms with van der Waals surface area (Å²) in [5.74, 6) is 1.82. The van der Waals surface area contributed by atoms with Gasteiger partial charge in [0.2, 0.25) is 0 Å². The lowest BCUT2D eigenvalue weighted by Gasteiger charge is -2.26. The van der Waals surface area contributed by atoms with E-state index in [0.717, 1.165) is 11.5 Å². The number of nitrogens with zero attached hydrogens (tertiary/aromatic N) is 1. The third kappa shape index (κ3) is 2.71. The molecule has 0 N–H and O–H groups in total. The van der Waals surface area contributed by atoms with Gasteiger partial charge in [-0.25, -0.2) is 0 Å².